The van der Waals surface area contributed by atoms with Crippen LogP contribution in [-0.4, -0.2) is 54.5 Å². The molecular formula is C27H32O8. The van der Waals surface area contributed by atoms with Crippen molar-refractivity contribution in [3.63, 3.8) is 0 Å². The molecule has 0 saturated carbocycles. The zero-order chi connectivity index (χ0) is 25.7. The fraction of sp³-hybridized carbons (Fsp3) is 0.333. The molecule has 0 aliphatic rings. The van der Waals surface area contributed by atoms with E-state index >= 15 is 0 Å². The summed E-state index contributed by atoms with van der Waals surface area (Å²) in [4.78, 5) is 0. The minimum absolute atomic E-state index is 0.0758. The van der Waals surface area contributed by atoms with Crippen LogP contribution in [0.1, 0.15) is 42.4 Å². The predicted octanol–water partition coefficient (Wildman–Crippen LogP) is 4.52. The predicted molar refractivity (Wildman–Crippen MR) is 131 cm³/mol. The van der Waals surface area contributed by atoms with Crippen LogP contribution in [0, 0.1) is 0 Å². The normalized spacial score (nSPS) is 12.8. The van der Waals surface area contributed by atoms with E-state index in [0.717, 1.165) is 17.7 Å². The molecule has 2 unspecified atom stereocenters. The molecule has 8 nitrogen and oxygen atoms in total. The highest BCUT2D eigenvalue weighted by atomic mass is 16.5. The molecule has 2 atom stereocenters. The second-order valence-electron chi connectivity index (χ2n) is 8.39. The number of phenolic OH excluding ortho intramolecular Hbond substituents is 3. The summed E-state index contributed by atoms with van der Waals surface area (Å²) in [7, 11) is 4.54. The average Bonchev–Trinajstić information content (AvgIpc) is 2.84. The van der Waals surface area contributed by atoms with Gasteiger partial charge in [0, 0.05) is 17.7 Å². The average molecular weight is 485 g/mol. The first-order chi connectivity index (χ1) is 16.7. The maximum Gasteiger partial charge on any atom is 0.161 e. The van der Waals surface area contributed by atoms with E-state index in [1.807, 2.05) is 12.1 Å². The Labute approximate surface area is 204 Å². The Morgan fingerprint density at radius 2 is 1.20 bits per heavy atom. The highest BCUT2D eigenvalue weighted by molar-refractivity contribution is 5.56. The zero-order valence-corrected chi connectivity index (χ0v) is 20.5. The van der Waals surface area contributed by atoms with Crippen LogP contribution in [0.4, 0.5) is 0 Å². The van der Waals surface area contributed by atoms with E-state index in [1.165, 1.54) is 21.3 Å². The Bertz CT molecular complexity index is 1130. The van der Waals surface area contributed by atoms with Crippen LogP contribution < -0.4 is 18.9 Å². The van der Waals surface area contributed by atoms with Crippen LogP contribution in [-0.2, 0) is 0 Å². The summed E-state index contributed by atoms with van der Waals surface area (Å²) in [5, 5.41) is 41.7. The SMILES string of the molecule is COc1ccc(C(c2c(O)cc(O)cc2O)C(CO)Oc2ccc(C(C)C)cc2OC)cc1OC. The Morgan fingerprint density at radius 1 is 0.686 bits per heavy atom. The summed E-state index contributed by atoms with van der Waals surface area (Å²) in [6, 6.07) is 12.9. The third-order valence-corrected chi connectivity index (χ3v) is 5.88. The smallest absolute Gasteiger partial charge is 0.161 e. The van der Waals surface area contributed by atoms with Crippen molar-refractivity contribution in [2.75, 3.05) is 27.9 Å². The van der Waals surface area contributed by atoms with Crippen LogP contribution in [0.15, 0.2) is 48.5 Å². The largest absolute Gasteiger partial charge is 0.508 e. The Morgan fingerprint density at radius 3 is 1.74 bits per heavy atom. The van der Waals surface area contributed by atoms with E-state index in [2.05, 4.69) is 13.8 Å². The topological polar surface area (TPSA) is 118 Å². The van der Waals surface area contributed by atoms with Gasteiger partial charge in [0.2, 0.25) is 0 Å². The lowest BCUT2D eigenvalue weighted by Gasteiger charge is -2.29. The number of hydrogen-bond donors (Lipinski definition) is 4. The summed E-state index contributed by atoms with van der Waals surface area (Å²) >= 11 is 0. The minimum atomic E-state index is -0.965. The van der Waals surface area contributed by atoms with Crippen molar-refractivity contribution >= 4 is 0 Å². The minimum Gasteiger partial charge on any atom is -0.508 e. The van der Waals surface area contributed by atoms with Crippen LogP contribution in [0.25, 0.3) is 0 Å². The first kappa shape index (κ1) is 25.8. The molecule has 0 spiro atoms. The number of aromatic hydroxyl groups is 3. The summed E-state index contributed by atoms with van der Waals surface area (Å²) in [6.07, 6.45) is -0.965. The Balaban J connectivity index is 2.16. The van der Waals surface area contributed by atoms with Gasteiger partial charge in [0.25, 0.3) is 0 Å². The third-order valence-electron chi connectivity index (χ3n) is 5.88. The molecule has 0 aromatic heterocycles. The number of hydrogen-bond acceptors (Lipinski definition) is 8. The number of aliphatic hydroxyl groups excluding tert-OH is 1. The first-order valence-electron chi connectivity index (χ1n) is 11.2. The second kappa shape index (κ2) is 11.1. The summed E-state index contributed by atoms with van der Waals surface area (Å²) in [5.41, 5.74) is 1.70. The highest BCUT2D eigenvalue weighted by Gasteiger charge is 2.33. The van der Waals surface area contributed by atoms with Gasteiger partial charge in [-0.25, -0.2) is 0 Å². The van der Waals surface area contributed by atoms with Crippen molar-refractivity contribution in [3.8, 4) is 40.2 Å². The van der Waals surface area contributed by atoms with Crippen molar-refractivity contribution in [1.82, 2.24) is 0 Å². The van der Waals surface area contributed by atoms with E-state index < -0.39 is 18.6 Å². The lowest BCUT2D eigenvalue weighted by Crippen LogP contribution is -2.30. The molecule has 0 fully saturated rings. The molecular weight excluding hydrogens is 452 g/mol. The molecule has 0 amide bonds. The Kier molecular flexibility index (Phi) is 8.19. The molecule has 0 bridgehead atoms. The standard InChI is InChI=1S/C27H32O8/c1-15(2)16-6-9-22(24(10-16)34-5)35-25(14-28)26(27-19(30)12-18(29)13-20(27)31)17-7-8-21(32-3)23(11-17)33-4/h6-13,15,25-26,28-31H,14H2,1-5H3. The van der Waals surface area contributed by atoms with Crippen molar-refractivity contribution in [1.29, 1.82) is 0 Å². The second-order valence-corrected chi connectivity index (χ2v) is 8.39. The van der Waals surface area contributed by atoms with Crippen molar-refractivity contribution in [3.05, 3.63) is 65.2 Å². The van der Waals surface area contributed by atoms with Gasteiger partial charge in [-0.1, -0.05) is 26.0 Å². The number of aliphatic hydroxyl groups is 1. The summed E-state index contributed by atoms with van der Waals surface area (Å²) in [6.45, 7) is 3.67. The Hall–Kier alpha value is -3.78. The molecule has 3 aromatic carbocycles. The fourth-order valence-corrected chi connectivity index (χ4v) is 4.06. The number of benzene rings is 3. The molecule has 0 aliphatic heterocycles. The molecule has 0 radical (unpaired) electrons. The number of rotatable bonds is 10. The molecule has 188 valence electrons. The quantitative estimate of drug-likeness (QED) is 0.332. The van der Waals surface area contributed by atoms with Gasteiger partial charge in [-0.3, -0.25) is 0 Å². The molecule has 4 N–H and O–H groups in total. The van der Waals surface area contributed by atoms with Gasteiger partial charge >= 0.3 is 0 Å². The molecule has 0 saturated heterocycles. The van der Waals surface area contributed by atoms with Crippen molar-refractivity contribution in [2.24, 2.45) is 0 Å². The first-order valence-corrected chi connectivity index (χ1v) is 11.2. The monoisotopic (exact) mass is 484 g/mol. The number of ether oxygens (including phenoxy) is 4. The van der Waals surface area contributed by atoms with E-state index in [0.29, 0.717) is 28.6 Å². The van der Waals surface area contributed by atoms with Crippen LogP contribution in [0.2, 0.25) is 0 Å². The fourth-order valence-electron chi connectivity index (χ4n) is 4.06. The maximum absolute atomic E-state index is 10.7. The summed E-state index contributed by atoms with van der Waals surface area (Å²) in [5.74, 6) is 0.177. The number of phenols is 3. The van der Waals surface area contributed by atoms with Gasteiger partial charge in [-0.2, -0.15) is 0 Å². The zero-order valence-electron chi connectivity index (χ0n) is 20.5. The van der Waals surface area contributed by atoms with Gasteiger partial charge in [-0.05, 0) is 41.3 Å². The molecule has 8 heteroatoms. The van der Waals surface area contributed by atoms with Gasteiger partial charge in [0.15, 0.2) is 23.0 Å². The molecule has 35 heavy (non-hydrogen) atoms. The van der Waals surface area contributed by atoms with E-state index in [4.69, 9.17) is 18.9 Å². The van der Waals surface area contributed by atoms with Crippen molar-refractivity contribution < 1.29 is 39.4 Å². The maximum atomic E-state index is 10.7. The lowest BCUT2D eigenvalue weighted by atomic mass is 9.85. The van der Waals surface area contributed by atoms with Gasteiger partial charge in [0.05, 0.1) is 33.9 Å². The van der Waals surface area contributed by atoms with Crippen LogP contribution in [0.3, 0.4) is 0 Å². The lowest BCUT2D eigenvalue weighted by molar-refractivity contribution is 0.0981. The molecule has 3 aromatic rings. The van der Waals surface area contributed by atoms with E-state index in [-0.39, 0.29) is 28.7 Å². The van der Waals surface area contributed by atoms with Crippen molar-refractivity contribution in [2.45, 2.75) is 31.8 Å². The van der Waals surface area contributed by atoms with Crippen LogP contribution >= 0.6 is 0 Å². The number of methoxy groups -OCH3 is 3. The van der Waals surface area contributed by atoms with E-state index in [1.54, 1.807) is 24.3 Å². The molecule has 0 aliphatic carbocycles. The third kappa shape index (κ3) is 5.49. The van der Waals surface area contributed by atoms with Gasteiger partial charge in [0.1, 0.15) is 23.4 Å². The van der Waals surface area contributed by atoms with Crippen LogP contribution in [0.5, 0.6) is 40.2 Å². The molecule has 0 heterocycles. The summed E-state index contributed by atoms with van der Waals surface area (Å²) < 4.78 is 22.5. The van der Waals surface area contributed by atoms with Gasteiger partial charge in [-0.15, -0.1) is 0 Å². The highest BCUT2D eigenvalue weighted by Crippen LogP contribution is 2.45. The van der Waals surface area contributed by atoms with Gasteiger partial charge < -0.3 is 39.4 Å². The van der Waals surface area contributed by atoms with E-state index in [9.17, 15) is 20.4 Å². The molecule has 3 rings (SSSR count).